The molecule has 4 rings (SSSR count). The van der Waals surface area contributed by atoms with Crippen molar-refractivity contribution in [1.82, 2.24) is 24.2 Å². The number of fused-ring (bicyclic) bond motifs is 1. The van der Waals surface area contributed by atoms with E-state index < -0.39 is 0 Å². The van der Waals surface area contributed by atoms with Gasteiger partial charge in [-0.3, -0.25) is 14.2 Å². The summed E-state index contributed by atoms with van der Waals surface area (Å²) in [6.07, 6.45) is 7.42. The first kappa shape index (κ1) is 14.3. The highest BCUT2D eigenvalue weighted by molar-refractivity contribution is 7.20. The molecule has 1 aliphatic rings. The van der Waals surface area contributed by atoms with E-state index in [2.05, 4.69) is 21.9 Å². The first-order chi connectivity index (χ1) is 11.2. The van der Waals surface area contributed by atoms with E-state index in [1.54, 1.807) is 17.5 Å². The number of nitrogens with zero attached hydrogens (tertiary/aromatic N) is 5. The van der Waals surface area contributed by atoms with Crippen LogP contribution in [0.5, 0.6) is 0 Å². The molecule has 0 saturated carbocycles. The smallest absolute Gasteiger partial charge is 0.274 e. The summed E-state index contributed by atoms with van der Waals surface area (Å²) in [5.41, 5.74) is 1.59. The SMILES string of the molecule is CN1CCN(C(=O)c2cn3cc(-c4cccnc4)sc3n2)CC1. The maximum atomic E-state index is 12.6. The Hall–Kier alpha value is -2.25. The summed E-state index contributed by atoms with van der Waals surface area (Å²) in [7, 11) is 2.08. The van der Waals surface area contributed by atoms with Gasteiger partial charge in [0.25, 0.3) is 5.91 Å². The number of likely N-dealkylation sites (N-methyl/N-ethyl adjacent to an activating group) is 1. The molecule has 1 fully saturated rings. The Morgan fingerprint density at radius 1 is 1.22 bits per heavy atom. The van der Waals surface area contributed by atoms with Crippen LogP contribution < -0.4 is 0 Å². The van der Waals surface area contributed by atoms with E-state index in [1.807, 2.05) is 40.0 Å². The number of imidazole rings is 1. The molecule has 3 aromatic rings. The quantitative estimate of drug-likeness (QED) is 0.721. The van der Waals surface area contributed by atoms with E-state index >= 15 is 0 Å². The summed E-state index contributed by atoms with van der Waals surface area (Å²) in [6.45, 7) is 3.36. The van der Waals surface area contributed by atoms with Crippen LogP contribution in [0.2, 0.25) is 0 Å². The van der Waals surface area contributed by atoms with Gasteiger partial charge in [-0.25, -0.2) is 4.98 Å². The van der Waals surface area contributed by atoms with Gasteiger partial charge in [-0.05, 0) is 13.1 Å². The zero-order valence-electron chi connectivity index (χ0n) is 12.8. The molecule has 0 radical (unpaired) electrons. The van der Waals surface area contributed by atoms with Gasteiger partial charge in [0.15, 0.2) is 4.96 Å². The van der Waals surface area contributed by atoms with E-state index in [9.17, 15) is 4.79 Å². The van der Waals surface area contributed by atoms with Crippen molar-refractivity contribution in [2.45, 2.75) is 0 Å². The molecule has 3 aromatic heterocycles. The summed E-state index contributed by atoms with van der Waals surface area (Å²) < 4.78 is 1.93. The number of carbonyl (C=O) groups excluding carboxylic acids is 1. The topological polar surface area (TPSA) is 53.7 Å². The second-order valence-corrected chi connectivity index (χ2v) is 6.76. The zero-order valence-corrected chi connectivity index (χ0v) is 13.7. The monoisotopic (exact) mass is 327 g/mol. The molecule has 23 heavy (non-hydrogen) atoms. The van der Waals surface area contributed by atoms with Crippen LogP contribution in [-0.4, -0.2) is 63.3 Å². The lowest BCUT2D eigenvalue weighted by molar-refractivity contribution is 0.0659. The fourth-order valence-electron chi connectivity index (χ4n) is 2.71. The second-order valence-electron chi connectivity index (χ2n) is 5.75. The van der Waals surface area contributed by atoms with Crippen LogP contribution in [-0.2, 0) is 0 Å². The summed E-state index contributed by atoms with van der Waals surface area (Å²) in [5.74, 6) is 0.0249. The number of aromatic nitrogens is 3. The van der Waals surface area contributed by atoms with Gasteiger partial charge >= 0.3 is 0 Å². The maximum absolute atomic E-state index is 12.6. The molecular formula is C16H17N5OS. The fourth-order valence-corrected chi connectivity index (χ4v) is 3.67. The minimum Gasteiger partial charge on any atom is -0.335 e. The molecule has 1 saturated heterocycles. The molecule has 6 nitrogen and oxygen atoms in total. The minimum atomic E-state index is 0.0249. The Morgan fingerprint density at radius 3 is 2.74 bits per heavy atom. The Balaban J connectivity index is 1.58. The van der Waals surface area contributed by atoms with Gasteiger partial charge in [0.1, 0.15) is 5.69 Å². The highest BCUT2D eigenvalue weighted by atomic mass is 32.1. The minimum absolute atomic E-state index is 0.0249. The summed E-state index contributed by atoms with van der Waals surface area (Å²) >= 11 is 1.57. The van der Waals surface area contributed by atoms with Crippen LogP contribution in [0, 0.1) is 0 Å². The van der Waals surface area contributed by atoms with Gasteiger partial charge in [0, 0.05) is 56.5 Å². The third kappa shape index (κ3) is 2.73. The Kier molecular flexibility index (Phi) is 3.59. The average Bonchev–Trinajstić information content (AvgIpc) is 3.14. The predicted octanol–water partition coefficient (Wildman–Crippen LogP) is 1.85. The number of hydrogen-bond acceptors (Lipinski definition) is 5. The van der Waals surface area contributed by atoms with Crippen molar-refractivity contribution < 1.29 is 4.79 Å². The molecule has 0 bridgehead atoms. The lowest BCUT2D eigenvalue weighted by Crippen LogP contribution is -2.47. The van der Waals surface area contributed by atoms with Crippen molar-refractivity contribution in [3.05, 3.63) is 42.6 Å². The number of piperazine rings is 1. The van der Waals surface area contributed by atoms with Crippen LogP contribution in [0.1, 0.15) is 10.5 Å². The third-order valence-electron chi connectivity index (χ3n) is 4.11. The van der Waals surface area contributed by atoms with Crippen LogP contribution in [0.25, 0.3) is 15.4 Å². The number of pyridine rings is 1. The van der Waals surface area contributed by atoms with Crippen LogP contribution in [0.3, 0.4) is 0 Å². The van der Waals surface area contributed by atoms with Gasteiger partial charge in [-0.15, -0.1) is 0 Å². The van der Waals surface area contributed by atoms with E-state index in [0.29, 0.717) is 5.69 Å². The van der Waals surface area contributed by atoms with Gasteiger partial charge in [0.05, 0.1) is 4.88 Å². The molecule has 0 atom stereocenters. The molecular weight excluding hydrogens is 310 g/mol. The highest BCUT2D eigenvalue weighted by Gasteiger charge is 2.23. The Morgan fingerprint density at radius 2 is 2.04 bits per heavy atom. The van der Waals surface area contributed by atoms with Crippen LogP contribution in [0.4, 0.5) is 0 Å². The lowest BCUT2D eigenvalue weighted by atomic mass is 10.2. The van der Waals surface area contributed by atoms with E-state index in [1.165, 1.54) is 0 Å². The third-order valence-corrected chi connectivity index (χ3v) is 5.16. The molecule has 0 aromatic carbocycles. The Bertz CT molecular complexity index is 801. The lowest BCUT2D eigenvalue weighted by Gasteiger charge is -2.31. The summed E-state index contributed by atoms with van der Waals surface area (Å²) in [6, 6.07) is 3.94. The van der Waals surface area contributed by atoms with Crippen LogP contribution in [0.15, 0.2) is 36.9 Å². The average molecular weight is 327 g/mol. The van der Waals surface area contributed by atoms with E-state index in [4.69, 9.17) is 0 Å². The predicted molar refractivity (Wildman–Crippen MR) is 89.7 cm³/mol. The zero-order chi connectivity index (χ0) is 15.8. The number of carbonyl (C=O) groups is 1. The largest absolute Gasteiger partial charge is 0.335 e. The normalized spacial score (nSPS) is 16.1. The van der Waals surface area contributed by atoms with Crippen molar-refractivity contribution >= 4 is 22.2 Å². The molecule has 0 unspecified atom stereocenters. The molecule has 0 N–H and O–H groups in total. The summed E-state index contributed by atoms with van der Waals surface area (Å²) in [5, 5.41) is 0. The molecule has 0 spiro atoms. The molecule has 1 amide bonds. The number of amides is 1. The van der Waals surface area contributed by atoms with Crippen LogP contribution >= 0.6 is 11.3 Å². The molecule has 1 aliphatic heterocycles. The van der Waals surface area contributed by atoms with Gasteiger partial charge in [0.2, 0.25) is 0 Å². The number of rotatable bonds is 2. The van der Waals surface area contributed by atoms with Crippen molar-refractivity contribution in [3.63, 3.8) is 0 Å². The highest BCUT2D eigenvalue weighted by Crippen LogP contribution is 2.28. The number of hydrogen-bond donors (Lipinski definition) is 0. The second kappa shape index (κ2) is 5.75. The first-order valence-corrected chi connectivity index (χ1v) is 8.39. The van der Waals surface area contributed by atoms with E-state index in [0.717, 1.165) is 41.6 Å². The molecule has 118 valence electrons. The van der Waals surface area contributed by atoms with E-state index in [-0.39, 0.29) is 5.91 Å². The Labute approximate surface area is 138 Å². The molecule has 0 aliphatic carbocycles. The molecule has 4 heterocycles. The van der Waals surface area contributed by atoms with Crippen molar-refractivity contribution in [2.24, 2.45) is 0 Å². The first-order valence-electron chi connectivity index (χ1n) is 7.57. The van der Waals surface area contributed by atoms with Gasteiger partial charge in [-0.1, -0.05) is 17.4 Å². The number of thiazole rings is 1. The van der Waals surface area contributed by atoms with Crippen molar-refractivity contribution in [3.8, 4) is 10.4 Å². The van der Waals surface area contributed by atoms with Crippen molar-refractivity contribution in [1.29, 1.82) is 0 Å². The maximum Gasteiger partial charge on any atom is 0.274 e. The molecule has 7 heteroatoms. The van der Waals surface area contributed by atoms with Crippen molar-refractivity contribution in [2.75, 3.05) is 33.2 Å². The standard InChI is InChI=1S/C16H17N5OS/c1-19-5-7-20(8-6-19)15(22)13-10-21-11-14(23-16(21)18-13)12-3-2-4-17-9-12/h2-4,9-11H,5-8H2,1H3. The fraction of sp³-hybridized carbons (Fsp3) is 0.312. The van der Waals surface area contributed by atoms with Gasteiger partial charge < -0.3 is 9.80 Å². The van der Waals surface area contributed by atoms with Gasteiger partial charge in [-0.2, -0.15) is 0 Å². The summed E-state index contributed by atoms with van der Waals surface area (Å²) in [4.78, 5) is 27.3.